The van der Waals surface area contributed by atoms with Gasteiger partial charge in [-0.2, -0.15) is 10.4 Å². The number of aliphatic hydroxyl groups excluding tert-OH is 1. The number of H-pyrrole nitrogens is 1. The maximum atomic E-state index is 12.7. The predicted octanol–water partition coefficient (Wildman–Crippen LogP) is 1.40. The van der Waals surface area contributed by atoms with Crippen LogP contribution in [0.15, 0.2) is 31.0 Å². The number of β-amino-alcohol motifs (C(OH)–C–C–N with tert-alkyl or cyclic N) is 1. The highest BCUT2D eigenvalue weighted by atomic mass is 16.3. The van der Waals surface area contributed by atoms with Crippen LogP contribution in [0.3, 0.4) is 0 Å². The Morgan fingerprint density at radius 1 is 1.20 bits per heavy atom. The summed E-state index contributed by atoms with van der Waals surface area (Å²) in [6.45, 7) is 4.11. The zero-order valence-electron chi connectivity index (χ0n) is 19.5. The molecule has 0 unspecified atom stereocenters. The normalized spacial score (nSPS) is 27.2. The van der Waals surface area contributed by atoms with E-state index in [1.807, 2.05) is 34.2 Å². The number of nitrogens with one attached hydrogen (secondary N) is 1. The number of rotatable bonds is 4. The standard InChI is InChI=1S/C24H29N9O2/c25-4-3-24(33-14-17(13-29-33)21-20-1-5-26-22(20)28-16-27-21)11-18(12-24)30-7-9-31(10-8-30)23(35)32-6-2-19(34)15-32/h1,5,13-14,16,18-19,34H,2-3,6-12,15H2,(H,26,27,28)/t18-,19-,24-/m0/s1. The smallest absolute Gasteiger partial charge is 0.320 e. The number of aromatic amines is 1. The summed E-state index contributed by atoms with van der Waals surface area (Å²) in [6.07, 6.45) is 9.61. The van der Waals surface area contributed by atoms with E-state index in [9.17, 15) is 15.2 Å². The summed E-state index contributed by atoms with van der Waals surface area (Å²) in [5.74, 6) is 0. The fraction of sp³-hybridized carbons (Fsp3) is 0.542. The van der Waals surface area contributed by atoms with Crippen LogP contribution in [0.4, 0.5) is 4.79 Å². The van der Waals surface area contributed by atoms with Crippen molar-refractivity contribution in [3.05, 3.63) is 31.0 Å². The SMILES string of the molecule is N#CC[C@]1(n2cc(-c3ncnc4[nH]ccc34)cn2)C[C@H](N2CCN(C(=O)N3CC[C@H](O)C3)CC2)C1. The highest BCUT2D eigenvalue weighted by Crippen LogP contribution is 2.45. The number of hydrogen-bond donors (Lipinski definition) is 2. The van der Waals surface area contributed by atoms with Crippen LogP contribution in [0, 0.1) is 11.3 Å². The van der Waals surface area contributed by atoms with Gasteiger partial charge in [-0.05, 0) is 25.3 Å². The number of likely N-dealkylation sites (tertiary alicyclic amines) is 1. The lowest BCUT2D eigenvalue weighted by Gasteiger charge is -2.52. The summed E-state index contributed by atoms with van der Waals surface area (Å²) >= 11 is 0. The molecular formula is C24H29N9O2. The lowest BCUT2D eigenvalue weighted by atomic mass is 9.70. The Bertz CT molecular complexity index is 1260. The Kier molecular flexibility index (Phi) is 5.42. The summed E-state index contributed by atoms with van der Waals surface area (Å²) in [5.41, 5.74) is 2.21. The molecule has 0 spiro atoms. The van der Waals surface area contributed by atoms with E-state index in [-0.39, 0.29) is 11.6 Å². The molecule has 2 amide bonds. The number of carbonyl (C=O) groups excluding carboxylic acids is 1. The lowest BCUT2D eigenvalue weighted by molar-refractivity contribution is -0.0146. The lowest BCUT2D eigenvalue weighted by Crippen LogP contribution is -2.61. The average Bonchev–Trinajstić information content (AvgIpc) is 3.61. The van der Waals surface area contributed by atoms with Crippen LogP contribution >= 0.6 is 0 Å². The second kappa shape index (κ2) is 8.62. The van der Waals surface area contributed by atoms with Crippen molar-refractivity contribution in [2.24, 2.45) is 0 Å². The Morgan fingerprint density at radius 2 is 2.03 bits per heavy atom. The zero-order chi connectivity index (χ0) is 24.0. The number of aliphatic hydroxyl groups is 1. The van der Waals surface area contributed by atoms with Crippen LogP contribution in [0.2, 0.25) is 0 Å². The second-order valence-corrected chi connectivity index (χ2v) is 9.95. The number of nitrogens with zero attached hydrogens (tertiary/aromatic N) is 8. The first-order chi connectivity index (χ1) is 17.1. The van der Waals surface area contributed by atoms with Gasteiger partial charge < -0.3 is 19.9 Å². The molecule has 35 heavy (non-hydrogen) atoms. The van der Waals surface area contributed by atoms with Crippen LogP contribution in [0.1, 0.15) is 25.7 Å². The first-order valence-electron chi connectivity index (χ1n) is 12.2. The third kappa shape index (κ3) is 3.83. The Labute approximate surface area is 203 Å². The van der Waals surface area contributed by atoms with Gasteiger partial charge >= 0.3 is 6.03 Å². The number of urea groups is 1. The molecular weight excluding hydrogens is 446 g/mol. The zero-order valence-corrected chi connectivity index (χ0v) is 19.5. The van der Waals surface area contributed by atoms with Crippen LogP contribution in [0.25, 0.3) is 22.3 Å². The first-order valence-corrected chi connectivity index (χ1v) is 12.2. The van der Waals surface area contributed by atoms with Crippen LogP contribution < -0.4 is 0 Å². The van der Waals surface area contributed by atoms with Gasteiger partial charge in [0.2, 0.25) is 0 Å². The van der Waals surface area contributed by atoms with Gasteiger partial charge in [-0.1, -0.05) is 0 Å². The maximum absolute atomic E-state index is 12.7. The molecule has 1 saturated carbocycles. The molecule has 3 aromatic rings. The minimum atomic E-state index is -0.394. The number of amides is 2. The van der Waals surface area contributed by atoms with E-state index in [1.54, 1.807) is 11.2 Å². The summed E-state index contributed by atoms with van der Waals surface area (Å²) in [4.78, 5) is 30.7. The van der Waals surface area contributed by atoms with Gasteiger partial charge in [-0.3, -0.25) is 9.58 Å². The van der Waals surface area contributed by atoms with Gasteiger partial charge in [0.25, 0.3) is 0 Å². The highest BCUT2D eigenvalue weighted by Gasteiger charge is 2.49. The summed E-state index contributed by atoms with van der Waals surface area (Å²) < 4.78 is 1.96. The molecule has 182 valence electrons. The van der Waals surface area contributed by atoms with Crippen molar-refractivity contribution in [3.8, 4) is 17.3 Å². The van der Waals surface area contributed by atoms with Crippen molar-refractivity contribution in [1.29, 1.82) is 5.26 Å². The molecule has 11 heteroatoms. The molecule has 3 aliphatic rings. The molecule has 1 atom stereocenters. The van der Waals surface area contributed by atoms with E-state index in [0.29, 0.717) is 45.1 Å². The van der Waals surface area contributed by atoms with Gasteiger partial charge in [0.1, 0.15) is 12.0 Å². The Hall–Kier alpha value is -3.49. The molecule has 0 bridgehead atoms. The molecule has 0 radical (unpaired) electrons. The fourth-order valence-electron chi connectivity index (χ4n) is 5.84. The topological polar surface area (TPSA) is 130 Å². The third-order valence-electron chi connectivity index (χ3n) is 7.87. The predicted molar refractivity (Wildman–Crippen MR) is 127 cm³/mol. The molecule has 0 aromatic carbocycles. The van der Waals surface area contributed by atoms with Crippen molar-refractivity contribution >= 4 is 17.1 Å². The molecule has 6 rings (SSSR count). The molecule has 2 N–H and O–H groups in total. The van der Waals surface area contributed by atoms with Gasteiger partial charge in [0, 0.05) is 68.7 Å². The summed E-state index contributed by atoms with van der Waals surface area (Å²) in [7, 11) is 0. The molecule has 3 aromatic heterocycles. The van der Waals surface area contributed by atoms with Gasteiger partial charge in [0.15, 0.2) is 0 Å². The van der Waals surface area contributed by atoms with Crippen LogP contribution in [0.5, 0.6) is 0 Å². The van der Waals surface area contributed by atoms with Crippen molar-refractivity contribution < 1.29 is 9.90 Å². The number of carbonyl (C=O) groups is 1. The van der Waals surface area contributed by atoms with E-state index in [1.165, 1.54) is 0 Å². The molecule has 3 fully saturated rings. The number of fused-ring (bicyclic) bond motifs is 1. The minimum absolute atomic E-state index is 0.0407. The summed E-state index contributed by atoms with van der Waals surface area (Å²) in [5, 5.41) is 24.9. The molecule has 5 heterocycles. The fourth-order valence-corrected chi connectivity index (χ4v) is 5.84. The molecule has 1 aliphatic carbocycles. The second-order valence-electron chi connectivity index (χ2n) is 9.95. The quantitative estimate of drug-likeness (QED) is 0.583. The highest BCUT2D eigenvalue weighted by molar-refractivity contribution is 5.90. The van der Waals surface area contributed by atoms with Crippen molar-refractivity contribution in [1.82, 2.24) is 39.4 Å². The summed E-state index contributed by atoms with van der Waals surface area (Å²) in [6, 6.07) is 4.75. The van der Waals surface area contributed by atoms with Crippen LogP contribution in [-0.4, -0.2) is 102 Å². The number of hydrogen-bond acceptors (Lipinski definition) is 7. The maximum Gasteiger partial charge on any atom is 0.320 e. The van der Waals surface area contributed by atoms with Gasteiger partial charge in [-0.15, -0.1) is 0 Å². The third-order valence-corrected chi connectivity index (χ3v) is 7.87. The van der Waals surface area contributed by atoms with E-state index in [2.05, 4.69) is 31.0 Å². The largest absolute Gasteiger partial charge is 0.391 e. The minimum Gasteiger partial charge on any atom is -0.391 e. The Balaban J connectivity index is 1.11. The first kappa shape index (κ1) is 22.0. The molecule has 2 saturated heterocycles. The van der Waals surface area contributed by atoms with E-state index in [4.69, 9.17) is 0 Å². The van der Waals surface area contributed by atoms with Gasteiger partial charge in [-0.25, -0.2) is 14.8 Å². The van der Waals surface area contributed by atoms with E-state index in [0.717, 1.165) is 48.2 Å². The average molecular weight is 476 g/mol. The molecule has 11 nitrogen and oxygen atoms in total. The monoisotopic (exact) mass is 475 g/mol. The van der Waals surface area contributed by atoms with Crippen LogP contribution in [-0.2, 0) is 5.54 Å². The van der Waals surface area contributed by atoms with E-state index >= 15 is 0 Å². The van der Waals surface area contributed by atoms with Gasteiger partial charge in [0.05, 0.1) is 36.0 Å². The van der Waals surface area contributed by atoms with Crippen molar-refractivity contribution in [3.63, 3.8) is 0 Å². The Morgan fingerprint density at radius 3 is 2.77 bits per heavy atom. The van der Waals surface area contributed by atoms with E-state index < -0.39 is 6.10 Å². The number of aromatic nitrogens is 5. The molecule has 2 aliphatic heterocycles. The van der Waals surface area contributed by atoms with Crippen molar-refractivity contribution in [2.75, 3.05) is 39.3 Å². The van der Waals surface area contributed by atoms with Crippen molar-refractivity contribution in [2.45, 2.75) is 43.4 Å². The number of nitriles is 1. The number of piperazine rings is 1.